The van der Waals surface area contributed by atoms with Crippen molar-refractivity contribution in [3.8, 4) is 11.5 Å². The molecule has 1 N–H and O–H groups in total. The number of hydrogen-bond donors (Lipinski definition) is 1. The largest absolute Gasteiger partial charge is 0.502 e. The molecule has 0 aromatic heterocycles. The van der Waals surface area contributed by atoms with Gasteiger partial charge in [-0.25, -0.2) is 0 Å². The quantitative estimate of drug-likeness (QED) is 0.551. The number of ether oxygens (including phenoxy) is 1. The van der Waals surface area contributed by atoms with Crippen LogP contribution >= 0.6 is 0 Å². The van der Waals surface area contributed by atoms with Gasteiger partial charge in [-0.2, -0.15) is 0 Å². The molecular weight excluding hydrogens is 406 g/mol. The Labute approximate surface area is 177 Å². The highest BCUT2D eigenvalue weighted by Crippen LogP contribution is 2.32. The molecule has 11 heteroatoms. The number of aromatic hydroxyl groups is 1. The molecule has 0 amide bonds. The predicted octanol–water partition coefficient (Wildman–Crippen LogP) is 2.70. The third-order valence-corrected chi connectivity index (χ3v) is 4.63. The standard InChI is InChI=1S/C12H15N3O3.C8H6N2O3/c1-14(2)3-4-18-12-6-10-8-13-7-9(10)5-11(12)15(16)17;11-8-2-6-4-9-3-5(6)1-7(8)10(12)13/h5-7H,3-4,8H2,1-2H3;1-3,11H,4H2. The Kier molecular flexibility index (Phi) is 6.55. The fourth-order valence-corrected chi connectivity index (χ4v) is 3.00. The number of rotatable bonds is 6. The minimum atomic E-state index is -0.609. The summed E-state index contributed by atoms with van der Waals surface area (Å²) in [4.78, 5) is 30.4. The smallest absolute Gasteiger partial charge is 0.311 e. The summed E-state index contributed by atoms with van der Waals surface area (Å²) >= 11 is 0. The molecule has 162 valence electrons. The molecule has 0 saturated heterocycles. The number of benzene rings is 2. The second-order valence-corrected chi connectivity index (χ2v) is 7.16. The molecule has 0 spiro atoms. The van der Waals surface area contributed by atoms with Crippen LogP contribution in [0.4, 0.5) is 11.4 Å². The molecule has 4 rings (SSSR count). The van der Waals surface area contributed by atoms with Gasteiger partial charge in [-0.1, -0.05) is 0 Å². The Morgan fingerprint density at radius 2 is 1.52 bits per heavy atom. The number of aliphatic imine (C=N–C) groups is 2. The molecule has 0 saturated carbocycles. The molecule has 2 aliphatic rings. The van der Waals surface area contributed by atoms with Crippen LogP contribution in [0.25, 0.3) is 0 Å². The van der Waals surface area contributed by atoms with Crippen molar-refractivity contribution in [1.29, 1.82) is 0 Å². The van der Waals surface area contributed by atoms with Crippen LogP contribution in [0.5, 0.6) is 11.5 Å². The minimum absolute atomic E-state index is 0.000793. The Morgan fingerprint density at radius 3 is 2.06 bits per heavy atom. The lowest BCUT2D eigenvalue weighted by molar-refractivity contribution is -0.386. The summed E-state index contributed by atoms with van der Waals surface area (Å²) in [7, 11) is 3.85. The van der Waals surface area contributed by atoms with Crippen LogP contribution < -0.4 is 4.74 Å². The molecular formula is C20H21N5O6. The van der Waals surface area contributed by atoms with Crippen LogP contribution in [-0.4, -0.2) is 59.5 Å². The van der Waals surface area contributed by atoms with E-state index in [1.807, 2.05) is 19.0 Å². The highest BCUT2D eigenvalue weighted by atomic mass is 16.6. The Bertz CT molecular complexity index is 1080. The van der Waals surface area contributed by atoms with Crippen LogP contribution in [0.3, 0.4) is 0 Å². The number of nitro groups is 2. The van der Waals surface area contributed by atoms with Gasteiger partial charge in [0, 0.05) is 42.2 Å². The van der Waals surface area contributed by atoms with E-state index in [2.05, 4.69) is 9.98 Å². The molecule has 2 heterocycles. The molecule has 0 atom stereocenters. The zero-order valence-corrected chi connectivity index (χ0v) is 17.0. The summed E-state index contributed by atoms with van der Waals surface area (Å²) in [6.07, 6.45) is 3.23. The number of phenols is 1. The van der Waals surface area contributed by atoms with E-state index < -0.39 is 9.85 Å². The number of fused-ring (bicyclic) bond motifs is 2. The molecule has 0 radical (unpaired) electrons. The van der Waals surface area contributed by atoms with Crippen molar-refractivity contribution in [3.63, 3.8) is 0 Å². The molecule has 0 unspecified atom stereocenters. The van der Waals surface area contributed by atoms with E-state index in [4.69, 9.17) is 4.74 Å². The van der Waals surface area contributed by atoms with Gasteiger partial charge >= 0.3 is 11.4 Å². The number of likely N-dealkylation sites (N-methyl/N-ethyl adjacent to an activating group) is 1. The maximum Gasteiger partial charge on any atom is 0.311 e. The molecule has 0 bridgehead atoms. The number of hydrogen-bond acceptors (Lipinski definition) is 9. The van der Waals surface area contributed by atoms with Crippen molar-refractivity contribution in [3.05, 3.63) is 66.7 Å². The molecule has 11 nitrogen and oxygen atoms in total. The Morgan fingerprint density at radius 1 is 0.968 bits per heavy atom. The van der Waals surface area contributed by atoms with E-state index in [-0.39, 0.29) is 17.1 Å². The number of phenolic OH excluding ortho intramolecular Hbond substituents is 1. The third kappa shape index (κ3) is 5.20. The van der Waals surface area contributed by atoms with Crippen molar-refractivity contribution in [2.75, 3.05) is 27.2 Å². The van der Waals surface area contributed by atoms with Crippen molar-refractivity contribution < 1.29 is 19.7 Å². The summed E-state index contributed by atoms with van der Waals surface area (Å²) in [6, 6.07) is 5.97. The van der Waals surface area contributed by atoms with E-state index in [1.54, 1.807) is 18.5 Å². The van der Waals surface area contributed by atoms with Crippen molar-refractivity contribution in [2.45, 2.75) is 13.1 Å². The van der Waals surface area contributed by atoms with Gasteiger partial charge in [0.05, 0.1) is 22.9 Å². The van der Waals surface area contributed by atoms with Gasteiger partial charge in [0.2, 0.25) is 0 Å². The van der Waals surface area contributed by atoms with Crippen molar-refractivity contribution >= 4 is 23.8 Å². The normalized spacial score (nSPS) is 12.9. The van der Waals surface area contributed by atoms with Gasteiger partial charge in [-0.15, -0.1) is 0 Å². The molecule has 2 aromatic carbocycles. The molecule has 2 aliphatic heterocycles. The Hall–Kier alpha value is -3.86. The van der Waals surface area contributed by atoms with Crippen LogP contribution in [-0.2, 0) is 13.1 Å². The van der Waals surface area contributed by atoms with E-state index in [0.717, 1.165) is 16.7 Å². The fourth-order valence-electron chi connectivity index (χ4n) is 3.00. The lowest BCUT2D eigenvalue weighted by Gasteiger charge is -2.12. The van der Waals surface area contributed by atoms with Gasteiger partial charge in [0.1, 0.15) is 6.61 Å². The van der Waals surface area contributed by atoms with Gasteiger partial charge < -0.3 is 14.7 Å². The number of nitro benzene ring substituents is 2. The van der Waals surface area contributed by atoms with Gasteiger partial charge in [0.25, 0.3) is 0 Å². The van der Waals surface area contributed by atoms with Gasteiger partial charge in [0.15, 0.2) is 11.5 Å². The summed E-state index contributed by atoms with van der Waals surface area (Å²) in [5.41, 5.74) is 3.04. The Balaban J connectivity index is 0.000000185. The first-order valence-electron chi connectivity index (χ1n) is 9.35. The van der Waals surface area contributed by atoms with Crippen LogP contribution in [0.15, 0.2) is 34.3 Å². The van der Waals surface area contributed by atoms with Crippen molar-refractivity contribution in [1.82, 2.24) is 4.90 Å². The zero-order chi connectivity index (χ0) is 22.5. The second kappa shape index (κ2) is 9.30. The zero-order valence-electron chi connectivity index (χ0n) is 17.0. The third-order valence-electron chi connectivity index (χ3n) is 4.63. The highest BCUT2D eigenvalue weighted by molar-refractivity contribution is 5.87. The molecule has 31 heavy (non-hydrogen) atoms. The van der Waals surface area contributed by atoms with Crippen LogP contribution in [0.2, 0.25) is 0 Å². The summed E-state index contributed by atoms with van der Waals surface area (Å²) in [5.74, 6) is 0.0281. The molecule has 0 aliphatic carbocycles. The lowest BCUT2D eigenvalue weighted by atomic mass is 10.1. The van der Waals surface area contributed by atoms with E-state index in [9.17, 15) is 25.3 Å². The first kappa shape index (κ1) is 21.8. The summed E-state index contributed by atoms with van der Waals surface area (Å²) in [6.45, 7) is 2.19. The first-order valence-corrected chi connectivity index (χ1v) is 9.35. The molecule has 0 fully saturated rings. The average molecular weight is 427 g/mol. The van der Waals surface area contributed by atoms with Gasteiger partial charge in [-0.05, 0) is 37.4 Å². The number of nitrogens with zero attached hydrogens (tertiary/aromatic N) is 5. The van der Waals surface area contributed by atoms with Crippen molar-refractivity contribution in [2.24, 2.45) is 9.98 Å². The van der Waals surface area contributed by atoms with E-state index >= 15 is 0 Å². The SMILES string of the molecule is CN(C)CCOc1cc2c(cc1[N+](=O)[O-])C=NC2.O=[N+]([O-])c1cc2c(cc1O)CN=C2. The van der Waals surface area contributed by atoms with Crippen LogP contribution in [0, 0.1) is 20.2 Å². The molecule has 2 aromatic rings. The van der Waals surface area contributed by atoms with E-state index in [1.165, 1.54) is 18.2 Å². The fraction of sp³-hybridized carbons (Fsp3) is 0.300. The van der Waals surface area contributed by atoms with Gasteiger partial charge in [-0.3, -0.25) is 30.2 Å². The second-order valence-electron chi connectivity index (χ2n) is 7.16. The first-order chi connectivity index (χ1) is 14.8. The summed E-state index contributed by atoms with van der Waals surface area (Å²) in [5, 5.41) is 30.7. The highest BCUT2D eigenvalue weighted by Gasteiger charge is 2.21. The topological polar surface area (TPSA) is 144 Å². The minimum Gasteiger partial charge on any atom is -0.502 e. The van der Waals surface area contributed by atoms with E-state index in [0.29, 0.717) is 37.6 Å². The monoisotopic (exact) mass is 427 g/mol. The lowest BCUT2D eigenvalue weighted by Crippen LogP contribution is -2.19. The predicted molar refractivity (Wildman–Crippen MR) is 115 cm³/mol. The maximum atomic E-state index is 11.0. The van der Waals surface area contributed by atoms with Crippen LogP contribution in [0.1, 0.15) is 22.3 Å². The summed E-state index contributed by atoms with van der Waals surface area (Å²) < 4.78 is 5.50. The average Bonchev–Trinajstić information content (AvgIpc) is 3.34. The maximum absolute atomic E-state index is 11.0.